The predicted molar refractivity (Wildman–Crippen MR) is 82.0 cm³/mol. The highest BCUT2D eigenvalue weighted by Gasteiger charge is 2.74. The van der Waals surface area contributed by atoms with Gasteiger partial charge in [-0.3, -0.25) is 4.79 Å². The van der Waals surface area contributed by atoms with Crippen molar-refractivity contribution < 1.29 is 67.7 Å². The topological polar surface area (TPSA) is 57.5 Å². The van der Waals surface area contributed by atoms with Crippen LogP contribution in [-0.4, -0.2) is 40.7 Å². The summed E-state index contributed by atoms with van der Waals surface area (Å²) >= 11 is 0. The van der Waals surface area contributed by atoms with E-state index in [1.165, 1.54) is 0 Å². The van der Waals surface area contributed by atoms with Gasteiger partial charge < -0.3 is 10.2 Å². The Morgan fingerprint density at radius 3 is 1.22 bits per heavy atom. The van der Waals surface area contributed by atoms with Crippen molar-refractivity contribution in [2.75, 3.05) is 0 Å². The van der Waals surface area contributed by atoms with Gasteiger partial charge >= 0.3 is 24.7 Å². The normalized spacial score (nSPS) is 14.5. The Bertz CT molecular complexity index is 806. The van der Waals surface area contributed by atoms with Crippen molar-refractivity contribution in [2.24, 2.45) is 0 Å². The van der Waals surface area contributed by atoms with E-state index in [4.69, 9.17) is 0 Å². The van der Waals surface area contributed by atoms with E-state index in [1.807, 2.05) is 0 Å². The number of carbonyl (C=O) groups is 1. The Labute approximate surface area is 170 Å². The van der Waals surface area contributed by atoms with Crippen molar-refractivity contribution in [1.82, 2.24) is 0 Å². The maximum atomic E-state index is 13.1. The zero-order valence-electron chi connectivity index (χ0n) is 15.5. The Morgan fingerprint density at radius 2 is 1.00 bits per heavy atom. The van der Waals surface area contributed by atoms with Gasteiger partial charge in [0.2, 0.25) is 0 Å². The quantitative estimate of drug-likeness (QED) is 0.450. The third-order valence-electron chi connectivity index (χ3n) is 4.31. The molecule has 0 unspecified atom stereocenters. The molecule has 182 valence electrons. The molecular weight excluding hydrogens is 480 g/mol. The molecule has 1 aromatic rings. The molecule has 0 amide bonds. The van der Waals surface area contributed by atoms with E-state index < -0.39 is 70.9 Å². The number of hydrogen-bond acceptors (Lipinski definition) is 3. The highest BCUT2D eigenvalue weighted by Crippen LogP contribution is 2.54. The summed E-state index contributed by atoms with van der Waals surface area (Å²) in [5, 5.41) is 18.8. The lowest BCUT2D eigenvalue weighted by molar-refractivity contribution is -0.378. The van der Waals surface area contributed by atoms with Crippen molar-refractivity contribution >= 4 is 5.78 Å². The molecule has 0 radical (unpaired) electrons. The van der Waals surface area contributed by atoms with Crippen molar-refractivity contribution in [2.45, 2.75) is 49.3 Å². The summed E-state index contributed by atoms with van der Waals surface area (Å²) < 4.78 is 158. The molecular formula is C17H12F12O3. The molecule has 0 atom stereocenters. The summed E-state index contributed by atoms with van der Waals surface area (Å²) in [7, 11) is 0. The Balaban J connectivity index is 4.12. The van der Waals surface area contributed by atoms with Gasteiger partial charge in [-0.2, -0.15) is 52.7 Å². The van der Waals surface area contributed by atoms with Crippen LogP contribution < -0.4 is 0 Å². The van der Waals surface area contributed by atoms with E-state index in [0.29, 0.717) is 0 Å². The van der Waals surface area contributed by atoms with Gasteiger partial charge in [-0.15, -0.1) is 0 Å². The van der Waals surface area contributed by atoms with Gasteiger partial charge in [0.05, 0.1) is 0 Å². The fraction of sp³-hybridized carbons (Fsp3) is 0.471. The first kappa shape index (κ1) is 27.7. The fourth-order valence-electron chi connectivity index (χ4n) is 2.52. The van der Waals surface area contributed by atoms with Crippen LogP contribution in [0.2, 0.25) is 0 Å². The molecule has 0 aromatic heterocycles. The van der Waals surface area contributed by atoms with E-state index in [0.717, 1.165) is 6.92 Å². The Hall–Kier alpha value is -2.29. The molecule has 0 spiro atoms. The second kappa shape index (κ2) is 7.93. The molecule has 1 rings (SSSR count). The van der Waals surface area contributed by atoms with Gasteiger partial charge in [0.25, 0.3) is 11.2 Å². The number of alkyl halides is 12. The first-order valence-electron chi connectivity index (χ1n) is 7.96. The molecule has 32 heavy (non-hydrogen) atoms. The van der Waals surface area contributed by atoms with Crippen LogP contribution in [0.5, 0.6) is 0 Å². The van der Waals surface area contributed by atoms with Crippen LogP contribution in [0.15, 0.2) is 30.4 Å². The highest BCUT2D eigenvalue weighted by molar-refractivity contribution is 5.95. The minimum absolute atomic E-state index is 0.238. The Morgan fingerprint density at radius 1 is 0.719 bits per heavy atom. The summed E-state index contributed by atoms with van der Waals surface area (Å²) in [5.41, 5.74) is -18.5. The van der Waals surface area contributed by atoms with Gasteiger partial charge in [-0.05, 0) is 24.1 Å². The van der Waals surface area contributed by atoms with Crippen LogP contribution in [0, 0.1) is 0 Å². The van der Waals surface area contributed by atoms with Crippen LogP contribution in [0.3, 0.4) is 0 Å². The lowest BCUT2D eigenvalue weighted by atomic mass is 9.83. The molecule has 0 bridgehead atoms. The Kier molecular flexibility index (Phi) is 6.88. The first-order valence-corrected chi connectivity index (χ1v) is 7.96. The number of rotatable bonds is 5. The van der Waals surface area contributed by atoms with Crippen molar-refractivity contribution in [3.63, 3.8) is 0 Å². The van der Waals surface area contributed by atoms with Crippen LogP contribution in [0.25, 0.3) is 0 Å². The minimum Gasteiger partial charge on any atom is -0.369 e. The van der Waals surface area contributed by atoms with Crippen molar-refractivity contribution in [1.29, 1.82) is 0 Å². The number of hydrogen-bond donors (Lipinski definition) is 2. The number of ketones is 1. The van der Waals surface area contributed by atoms with Gasteiger partial charge in [-0.1, -0.05) is 18.7 Å². The standard InChI is InChI=1S/C17H12F12O3/c1-7(2)11(30)5-8-3-9(12(31,14(18,19)20)15(21,22)23)6-10(4-8)13(32,16(24,25)26)17(27,28)29/h3-4,6,31-32H,1,5H2,2H3. The van der Waals surface area contributed by atoms with Crippen LogP contribution in [-0.2, 0) is 22.4 Å². The summed E-state index contributed by atoms with van der Waals surface area (Å²) in [6, 6.07) is -1.40. The number of Topliss-reactive ketones (excluding diaryl/α,β-unsaturated/α-hetero) is 1. The average molecular weight is 492 g/mol. The van der Waals surface area contributed by atoms with Gasteiger partial charge in [0.15, 0.2) is 5.78 Å². The molecule has 3 nitrogen and oxygen atoms in total. The number of benzene rings is 1. The van der Waals surface area contributed by atoms with E-state index >= 15 is 0 Å². The fourth-order valence-corrected chi connectivity index (χ4v) is 2.52. The number of allylic oxidation sites excluding steroid dienone is 1. The third kappa shape index (κ3) is 4.58. The van der Waals surface area contributed by atoms with Crippen LogP contribution in [0.1, 0.15) is 23.6 Å². The van der Waals surface area contributed by atoms with Crippen LogP contribution in [0.4, 0.5) is 52.7 Å². The molecule has 0 saturated carbocycles. The SMILES string of the molecule is C=C(C)C(=O)Cc1cc(C(O)(C(F)(F)F)C(F)(F)F)cc(C(O)(C(F)(F)F)C(F)(F)F)c1. The van der Waals surface area contributed by atoms with Gasteiger partial charge in [0.1, 0.15) is 0 Å². The molecule has 1 aromatic carbocycles. The summed E-state index contributed by atoms with van der Waals surface area (Å²) in [6.45, 7) is 4.08. The predicted octanol–water partition coefficient (Wildman–Crippen LogP) is 5.00. The van der Waals surface area contributed by atoms with E-state index in [9.17, 15) is 67.7 Å². The third-order valence-corrected chi connectivity index (χ3v) is 4.31. The zero-order valence-corrected chi connectivity index (χ0v) is 15.5. The molecule has 0 aliphatic rings. The van der Waals surface area contributed by atoms with Gasteiger partial charge in [-0.25, -0.2) is 0 Å². The molecule has 0 saturated heterocycles. The molecule has 0 heterocycles. The summed E-state index contributed by atoms with van der Waals surface area (Å²) in [4.78, 5) is 11.7. The molecule has 0 fully saturated rings. The summed E-state index contributed by atoms with van der Waals surface area (Å²) in [6.07, 6.45) is -28.0. The average Bonchev–Trinajstić information content (AvgIpc) is 2.55. The maximum Gasteiger partial charge on any atom is 0.430 e. The minimum atomic E-state index is -6.67. The van der Waals surface area contributed by atoms with Crippen molar-refractivity contribution in [3.05, 3.63) is 47.0 Å². The van der Waals surface area contributed by atoms with Gasteiger partial charge in [0, 0.05) is 17.5 Å². The number of aliphatic hydroxyl groups is 2. The van der Waals surface area contributed by atoms with E-state index in [-0.39, 0.29) is 17.7 Å². The summed E-state index contributed by atoms with van der Waals surface area (Å²) in [5.74, 6) is -1.17. The molecule has 0 aliphatic heterocycles. The first-order chi connectivity index (χ1) is 13.9. The smallest absolute Gasteiger partial charge is 0.369 e. The molecule has 2 N–H and O–H groups in total. The highest BCUT2D eigenvalue weighted by atomic mass is 19.4. The van der Waals surface area contributed by atoms with Crippen molar-refractivity contribution in [3.8, 4) is 0 Å². The molecule has 15 heteroatoms. The largest absolute Gasteiger partial charge is 0.430 e. The van der Waals surface area contributed by atoms with E-state index in [2.05, 4.69) is 6.58 Å². The number of carbonyl (C=O) groups excluding carboxylic acids is 1. The monoisotopic (exact) mass is 492 g/mol. The lowest BCUT2D eigenvalue weighted by Gasteiger charge is -2.36. The lowest BCUT2D eigenvalue weighted by Crippen LogP contribution is -2.56. The van der Waals surface area contributed by atoms with Crippen LogP contribution >= 0.6 is 0 Å². The second-order valence-corrected chi connectivity index (χ2v) is 6.71. The maximum absolute atomic E-state index is 13.1. The molecule has 0 aliphatic carbocycles. The van der Waals surface area contributed by atoms with E-state index in [1.54, 1.807) is 0 Å². The second-order valence-electron chi connectivity index (χ2n) is 6.71. The zero-order chi connectivity index (χ0) is 25.7. The number of halogens is 12.